The second-order valence-electron chi connectivity index (χ2n) is 10.1. The van der Waals surface area contributed by atoms with E-state index < -0.39 is 0 Å². The second-order valence-corrected chi connectivity index (χ2v) is 10.1. The topological polar surface area (TPSA) is 42.0 Å². The molecular formula is C31H28N2O3. The van der Waals surface area contributed by atoms with Gasteiger partial charge in [-0.15, -0.1) is 0 Å². The molecule has 5 nitrogen and oxygen atoms in total. The Labute approximate surface area is 210 Å². The average molecular weight is 477 g/mol. The third-order valence-corrected chi connectivity index (χ3v) is 8.18. The predicted octanol–water partition coefficient (Wildman–Crippen LogP) is 5.76. The summed E-state index contributed by atoms with van der Waals surface area (Å²) in [5.74, 6) is 1.84. The van der Waals surface area contributed by atoms with Gasteiger partial charge in [-0.1, -0.05) is 66.7 Å². The molecule has 3 heterocycles. The van der Waals surface area contributed by atoms with Crippen molar-refractivity contribution in [3.63, 3.8) is 0 Å². The van der Waals surface area contributed by atoms with E-state index in [-0.39, 0.29) is 18.1 Å². The zero-order valence-corrected chi connectivity index (χ0v) is 20.2. The summed E-state index contributed by atoms with van der Waals surface area (Å²) in [4.78, 5) is 18.1. The molecule has 3 aliphatic heterocycles. The summed E-state index contributed by atoms with van der Waals surface area (Å²) in [5.41, 5.74) is 4.72. The summed E-state index contributed by atoms with van der Waals surface area (Å²) in [5, 5.41) is 2.14. The van der Waals surface area contributed by atoms with Gasteiger partial charge in [0.05, 0.1) is 0 Å². The molecule has 5 heteroatoms. The van der Waals surface area contributed by atoms with Gasteiger partial charge in [0, 0.05) is 48.4 Å². The maximum atomic E-state index is 13.6. The molecule has 0 atom stereocenters. The van der Waals surface area contributed by atoms with Crippen molar-refractivity contribution >= 4 is 22.4 Å². The summed E-state index contributed by atoms with van der Waals surface area (Å²) in [7, 11) is 0. The van der Waals surface area contributed by atoms with Gasteiger partial charge in [-0.2, -0.15) is 0 Å². The van der Waals surface area contributed by atoms with E-state index in [1.807, 2.05) is 47.4 Å². The molecule has 0 unspecified atom stereocenters. The summed E-state index contributed by atoms with van der Waals surface area (Å²) in [6.45, 7) is 3.55. The van der Waals surface area contributed by atoms with E-state index in [1.54, 1.807) is 0 Å². The number of nitrogens with zero attached hydrogens (tertiary/aromatic N) is 2. The van der Waals surface area contributed by atoms with E-state index in [0.717, 1.165) is 72.4 Å². The van der Waals surface area contributed by atoms with Crippen LogP contribution in [0.25, 0.3) is 10.8 Å². The molecule has 1 amide bonds. The molecule has 0 aromatic heterocycles. The van der Waals surface area contributed by atoms with Crippen LogP contribution in [0.3, 0.4) is 0 Å². The van der Waals surface area contributed by atoms with Crippen molar-refractivity contribution in [3.8, 4) is 11.5 Å². The van der Waals surface area contributed by atoms with Gasteiger partial charge in [0.25, 0.3) is 5.91 Å². The van der Waals surface area contributed by atoms with Crippen LogP contribution in [0.1, 0.15) is 34.3 Å². The number of hydrogen-bond donors (Lipinski definition) is 0. The Bertz CT molecular complexity index is 1470. The van der Waals surface area contributed by atoms with Crippen LogP contribution in [0.4, 0.5) is 5.69 Å². The largest absolute Gasteiger partial charge is 0.454 e. The standard InChI is InChI=1S/C31H28N2O3/c34-30(25-11-5-8-22-7-1-2-10-24(22)25)32-17-15-31(16-18-32)20-33(27-13-4-3-12-26(27)31)19-23-9-6-14-28-29(23)36-21-35-28/h1-14H,15-21H2. The number of ether oxygens (including phenoxy) is 2. The third-order valence-electron chi connectivity index (χ3n) is 8.18. The van der Waals surface area contributed by atoms with Crippen LogP contribution in [0.2, 0.25) is 0 Å². The number of anilines is 1. The van der Waals surface area contributed by atoms with Crippen LogP contribution in [-0.4, -0.2) is 37.2 Å². The number of amides is 1. The normalized spacial score (nSPS) is 17.6. The third kappa shape index (κ3) is 3.34. The minimum absolute atomic E-state index is 0.0570. The number of likely N-dealkylation sites (tertiary alicyclic amines) is 1. The Morgan fingerprint density at radius 3 is 2.53 bits per heavy atom. The van der Waals surface area contributed by atoms with Crippen molar-refractivity contribution in [3.05, 3.63) is 102 Å². The predicted molar refractivity (Wildman–Crippen MR) is 141 cm³/mol. The molecule has 0 aliphatic carbocycles. The average Bonchev–Trinajstić information content (AvgIpc) is 3.53. The summed E-state index contributed by atoms with van der Waals surface area (Å²) >= 11 is 0. The number of hydrogen-bond acceptors (Lipinski definition) is 4. The number of piperidine rings is 1. The Balaban J connectivity index is 1.14. The molecule has 4 aromatic carbocycles. The first-order valence-corrected chi connectivity index (χ1v) is 12.7. The smallest absolute Gasteiger partial charge is 0.254 e. The highest BCUT2D eigenvalue weighted by Gasteiger charge is 2.45. The molecule has 3 aliphatic rings. The number of benzene rings is 4. The van der Waals surface area contributed by atoms with Crippen molar-refractivity contribution < 1.29 is 14.3 Å². The fraction of sp³-hybridized carbons (Fsp3) is 0.258. The minimum atomic E-state index is 0.0570. The van der Waals surface area contributed by atoms with Crippen LogP contribution in [0, 0.1) is 0 Å². The Morgan fingerprint density at radius 2 is 1.61 bits per heavy atom. The van der Waals surface area contributed by atoms with Crippen LogP contribution < -0.4 is 14.4 Å². The van der Waals surface area contributed by atoms with Gasteiger partial charge in [-0.3, -0.25) is 4.79 Å². The molecule has 0 radical (unpaired) electrons. The SMILES string of the molecule is O=C(c1cccc2ccccc12)N1CCC2(CC1)CN(Cc1cccc3c1OCO3)c1ccccc12. The van der Waals surface area contributed by atoms with Crippen LogP contribution in [0.5, 0.6) is 11.5 Å². The Kier molecular flexibility index (Phi) is 4.91. The van der Waals surface area contributed by atoms with Gasteiger partial charge in [0.1, 0.15) is 0 Å². The maximum Gasteiger partial charge on any atom is 0.254 e. The first-order chi connectivity index (χ1) is 17.7. The van der Waals surface area contributed by atoms with Crippen LogP contribution >= 0.6 is 0 Å². The minimum Gasteiger partial charge on any atom is -0.454 e. The molecule has 36 heavy (non-hydrogen) atoms. The van der Waals surface area contributed by atoms with E-state index in [0.29, 0.717) is 0 Å². The molecule has 4 aromatic rings. The molecule has 1 saturated heterocycles. The monoisotopic (exact) mass is 476 g/mol. The zero-order valence-electron chi connectivity index (χ0n) is 20.2. The van der Waals surface area contributed by atoms with E-state index in [2.05, 4.69) is 47.4 Å². The van der Waals surface area contributed by atoms with Crippen LogP contribution in [-0.2, 0) is 12.0 Å². The second kappa shape index (κ2) is 8.30. The summed E-state index contributed by atoms with van der Waals surface area (Å²) in [6, 6.07) is 29.1. The Morgan fingerprint density at radius 1 is 0.833 bits per heavy atom. The van der Waals surface area contributed by atoms with Gasteiger partial charge in [0.15, 0.2) is 11.5 Å². The summed E-state index contributed by atoms with van der Waals surface area (Å²) < 4.78 is 11.4. The quantitative estimate of drug-likeness (QED) is 0.377. The molecule has 1 spiro atoms. The van der Waals surface area contributed by atoms with E-state index in [1.165, 1.54) is 11.3 Å². The highest BCUT2D eigenvalue weighted by molar-refractivity contribution is 6.07. The fourth-order valence-corrected chi connectivity index (χ4v) is 6.34. The first kappa shape index (κ1) is 21.3. The lowest BCUT2D eigenvalue weighted by molar-refractivity contribution is 0.0676. The molecule has 0 saturated carbocycles. The molecule has 0 N–H and O–H groups in total. The highest BCUT2D eigenvalue weighted by atomic mass is 16.7. The highest BCUT2D eigenvalue weighted by Crippen LogP contribution is 2.48. The van der Waals surface area contributed by atoms with Crippen molar-refractivity contribution in [2.24, 2.45) is 0 Å². The lowest BCUT2D eigenvalue weighted by atomic mass is 9.74. The Hall–Kier alpha value is -3.99. The number of rotatable bonds is 3. The molecular weight excluding hydrogens is 448 g/mol. The molecule has 180 valence electrons. The van der Waals surface area contributed by atoms with Crippen LogP contribution in [0.15, 0.2) is 84.9 Å². The molecule has 0 bridgehead atoms. The van der Waals surface area contributed by atoms with Gasteiger partial charge >= 0.3 is 0 Å². The number of carbonyl (C=O) groups excluding carboxylic acids is 1. The van der Waals surface area contributed by atoms with Gasteiger partial charge < -0.3 is 19.3 Å². The first-order valence-electron chi connectivity index (χ1n) is 12.7. The molecule has 1 fully saturated rings. The van der Waals surface area contributed by atoms with Crippen molar-refractivity contribution in [1.29, 1.82) is 0 Å². The summed E-state index contributed by atoms with van der Waals surface area (Å²) in [6.07, 6.45) is 1.92. The van der Waals surface area contributed by atoms with E-state index >= 15 is 0 Å². The molecule has 7 rings (SSSR count). The zero-order chi connectivity index (χ0) is 24.1. The van der Waals surface area contributed by atoms with Crippen molar-refractivity contribution in [1.82, 2.24) is 4.90 Å². The van der Waals surface area contributed by atoms with Gasteiger partial charge in [0.2, 0.25) is 6.79 Å². The number of para-hydroxylation sites is 2. The van der Waals surface area contributed by atoms with Gasteiger partial charge in [-0.05, 0) is 47.4 Å². The fourth-order valence-electron chi connectivity index (χ4n) is 6.34. The van der Waals surface area contributed by atoms with E-state index in [9.17, 15) is 4.79 Å². The lowest BCUT2D eigenvalue weighted by Crippen LogP contribution is -2.47. The maximum absolute atomic E-state index is 13.6. The lowest BCUT2D eigenvalue weighted by Gasteiger charge is -2.40. The number of carbonyl (C=O) groups is 1. The van der Waals surface area contributed by atoms with Gasteiger partial charge in [-0.25, -0.2) is 0 Å². The van der Waals surface area contributed by atoms with Crippen molar-refractivity contribution in [2.45, 2.75) is 24.8 Å². The van der Waals surface area contributed by atoms with E-state index in [4.69, 9.17) is 9.47 Å². The number of fused-ring (bicyclic) bond motifs is 4. The van der Waals surface area contributed by atoms with Crippen molar-refractivity contribution in [2.75, 3.05) is 31.3 Å².